The molecule has 3 rings (SSSR count). The quantitative estimate of drug-likeness (QED) is 0.724. The Balaban J connectivity index is 1.98. The van der Waals surface area contributed by atoms with Crippen LogP contribution in [0.5, 0.6) is 0 Å². The van der Waals surface area contributed by atoms with Gasteiger partial charge < -0.3 is 0 Å². The molecule has 0 aliphatic carbocycles. The molecule has 0 N–H and O–H groups in total. The fraction of sp³-hybridized carbons (Fsp3) is 0.158. The van der Waals surface area contributed by atoms with Gasteiger partial charge in [-0.2, -0.15) is 0 Å². The van der Waals surface area contributed by atoms with Crippen molar-refractivity contribution in [2.75, 3.05) is 0 Å². The Kier molecular flexibility index (Phi) is 3.53. The largest absolute Gasteiger partial charge is 0.278 e. The molecule has 0 aromatic heterocycles. The summed E-state index contributed by atoms with van der Waals surface area (Å²) in [6.45, 7) is 8.96. The molecule has 1 aliphatic rings. The van der Waals surface area contributed by atoms with E-state index in [1.54, 1.807) is 0 Å². The summed E-state index contributed by atoms with van der Waals surface area (Å²) in [5.74, 6) is 0. The predicted molar refractivity (Wildman–Crippen MR) is 84.3 cm³/mol. The van der Waals surface area contributed by atoms with E-state index in [9.17, 15) is 0 Å². The molecular weight excluding hydrogens is 242 g/mol. The van der Waals surface area contributed by atoms with Crippen LogP contribution in [0.25, 0.3) is 0 Å². The maximum Gasteiger partial charge on any atom is 0.0544 e. The molecule has 0 radical (unpaired) electrons. The Morgan fingerprint density at radius 1 is 0.800 bits per heavy atom. The van der Waals surface area contributed by atoms with Crippen LogP contribution in [0.4, 0.5) is 0 Å². The second kappa shape index (κ2) is 5.48. The summed E-state index contributed by atoms with van der Waals surface area (Å²) in [7, 11) is 0. The molecule has 0 saturated carbocycles. The Morgan fingerprint density at radius 3 is 1.80 bits per heavy atom. The van der Waals surface area contributed by atoms with Gasteiger partial charge in [-0.1, -0.05) is 66.7 Å². The predicted octanol–water partition coefficient (Wildman–Crippen LogP) is 4.66. The minimum absolute atomic E-state index is 0.259. The number of hydrogen-bond acceptors (Lipinski definition) is 1. The van der Waals surface area contributed by atoms with E-state index in [1.165, 1.54) is 16.7 Å². The molecule has 2 unspecified atom stereocenters. The molecule has 1 heteroatoms. The molecule has 2 aromatic rings. The third-order valence-electron chi connectivity index (χ3n) is 4.00. The van der Waals surface area contributed by atoms with Gasteiger partial charge in [0, 0.05) is 6.54 Å². The number of hydrogen-bond donors (Lipinski definition) is 0. The fourth-order valence-electron chi connectivity index (χ4n) is 3.10. The Morgan fingerprint density at radius 2 is 1.30 bits per heavy atom. The molecule has 100 valence electrons. The van der Waals surface area contributed by atoms with Gasteiger partial charge >= 0.3 is 0 Å². The van der Waals surface area contributed by atoms with Crippen molar-refractivity contribution in [1.82, 2.24) is 4.90 Å². The van der Waals surface area contributed by atoms with Gasteiger partial charge in [0.05, 0.1) is 12.1 Å². The van der Waals surface area contributed by atoms with Gasteiger partial charge in [-0.05, 0) is 16.7 Å². The van der Waals surface area contributed by atoms with Gasteiger partial charge in [-0.3, -0.25) is 4.90 Å². The molecule has 1 heterocycles. The van der Waals surface area contributed by atoms with Crippen LogP contribution in [0, 0.1) is 0 Å². The third-order valence-corrected chi connectivity index (χ3v) is 4.00. The summed E-state index contributed by atoms with van der Waals surface area (Å²) in [6, 6.07) is 19.7. The lowest BCUT2D eigenvalue weighted by atomic mass is 10.0. The summed E-state index contributed by atoms with van der Waals surface area (Å²) >= 11 is 0. The van der Waals surface area contributed by atoms with E-state index in [2.05, 4.69) is 72.7 Å². The van der Waals surface area contributed by atoms with Crippen molar-refractivity contribution in [2.24, 2.45) is 0 Å². The van der Waals surface area contributed by atoms with Crippen LogP contribution in [0.2, 0.25) is 0 Å². The summed E-state index contributed by atoms with van der Waals surface area (Å²) in [5, 5.41) is 0. The number of rotatable bonds is 4. The van der Waals surface area contributed by atoms with Gasteiger partial charge in [0.15, 0.2) is 0 Å². The second-order valence-electron chi connectivity index (χ2n) is 5.15. The van der Waals surface area contributed by atoms with Crippen LogP contribution >= 0.6 is 0 Å². The zero-order valence-electron chi connectivity index (χ0n) is 11.6. The van der Waals surface area contributed by atoms with E-state index >= 15 is 0 Å². The number of fused-ring (bicyclic) bond motifs is 1. The van der Waals surface area contributed by atoms with Crippen molar-refractivity contribution in [2.45, 2.75) is 18.6 Å². The maximum atomic E-state index is 4.03. The molecule has 0 bridgehead atoms. The maximum absolute atomic E-state index is 4.03. The molecule has 2 aromatic carbocycles. The molecule has 20 heavy (non-hydrogen) atoms. The van der Waals surface area contributed by atoms with E-state index in [0.29, 0.717) is 0 Å². The van der Waals surface area contributed by atoms with Crippen molar-refractivity contribution in [1.29, 1.82) is 0 Å². The summed E-state index contributed by atoms with van der Waals surface area (Å²) in [5.41, 5.74) is 4.02. The van der Waals surface area contributed by atoms with Gasteiger partial charge in [-0.15, -0.1) is 13.2 Å². The zero-order valence-corrected chi connectivity index (χ0v) is 11.6. The highest BCUT2D eigenvalue weighted by atomic mass is 15.2. The first-order valence-electron chi connectivity index (χ1n) is 6.98. The van der Waals surface area contributed by atoms with Crippen LogP contribution in [0.3, 0.4) is 0 Å². The Hall–Kier alpha value is -2.12. The average molecular weight is 261 g/mol. The normalized spacial score (nSPS) is 21.4. The molecule has 0 amide bonds. The first-order valence-corrected chi connectivity index (χ1v) is 6.98. The SMILES string of the molecule is C=CC1c2ccccc2C(C=C)N1Cc1ccccc1. The average Bonchev–Trinajstić information content (AvgIpc) is 2.80. The van der Waals surface area contributed by atoms with Crippen molar-refractivity contribution < 1.29 is 0 Å². The molecule has 2 atom stereocenters. The van der Waals surface area contributed by atoms with Crippen LogP contribution in [-0.2, 0) is 6.54 Å². The molecule has 1 nitrogen and oxygen atoms in total. The first kappa shape index (κ1) is 12.9. The summed E-state index contributed by atoms with van der Waals surface area (Å²) in [6.07, 6.45) is 4.07. The van der Waals surface area contributed by atoms with Crippen LogP contribution in [-0.4, -0.2) is 4.90 Å². The van der Waals surface area contributed by atoms with Crippen LogP contribution < -0.4 is 0 Å². The minimum atomic E-state index is 0.259. The molecular formula is C19H19N. The van der Waals surface area contributed by atoms with Crippen molar-refractivity contribution in [3.05, 3.63) is 96.6 Å². The third kappa shape index (κ3) is 2.10. The standard InChI is InChI=1S/C19H19N/c1-3-18-16-12-8-9-13-17(16)19(4-2)20(18)14-15-10-6-5-7-11-15/h3-13,18-19H,1-2,14H2. The lowest BCUT2D eigenvalue weighted by molar-refractivity contribution is 0.210. The minimum Gasteiger partial charge on any atom is -0.278 e. The van der Waals surface area contributed by atoms with Crippen LogP contribution in [0.15, 0.2) is 79.9 Å². The summed E-state index contributed by atoms with van der Waals surface area (Å²) in [4.78, 5) is 2.44. The molecule has 1 aliphatic heterocycles. The highest BCUT2D eigenvalue weighted by Gasteiger charge is 2.34. The van der Waals surface area contributed by atoms with Gasteiger partial charge in [0.2, 0.25) is 0 Å². The van der Waals surface area contributed by atoms with E-state index in [1.807, 2.05) is 12.2 Å². The second-order valence-corrected chi connectivity index (χ2v) is 5.15. The summed E-state index contributed by atoms with van der Waals surface area (Å²) < 4.78 is 0. The topological polar surface area (TPSA) is 3.24 Å². The molecule has 0 spiro atoms. The molecule has 0 saturated heterocycles. The highest BCUT2D eigenvalue weighted by molar-refractivity contribution is 5.42. The first-order chi connectivity index (χ1) is 9.85. The Bertz CT molecular complexity index is 580. The van der Waals surface area contributed by atoms with E-state index in [-0.39, 0.29) is 12.1 Å². The molecule has 0 fully saturated rings. The van der Waals surface area contributed by atoms with Gasteiger partial charge in [-0.25, -0.2) is 0 Å². The van der Waals surface area contributed by atoms with Crippen LogP contribution in [0.1, 0.15) is 28.8 Å². The van der Waals surface area contributed by atoms with E-state index < -0.39 is 0 Å². The smallest absolute Gasteiger partial charge is 0.0544 e. The van der Waals surface area contributed by atoms with Crippen molar-refractivity contribution in [3.8, 4) is 0 Å². The fourth-order valence-corrected chi connectivity index (χ4v) is 3.10. The monoisotopic (exact) mass is 261 g/mol. The number of benzene rings is 2. The van der Waals surface area contributed by atoms with Crippen molar-refractivity contribution in [3.63, 3.8) is 0 Å². The van der Waals surface area contributed by atoms with E-state index in [0.717, 1.165) is 6.54 Å². The van der Waals surface area contributed by atoms with Gasteiger partial charge in [0.25, 0.3) is 0 Å². The van der Waals surface area contributed by atoms with E-state index in [4.69, 9.17) is 0 Å². The van der Waals surface area contributed by atoms with Crippen molar-refractivity contribution >= 4 is 0 Å². The highest BCUT2D eigenvalue weighted by Crippen LogP contribution is 2.43. The zero-order chi connectivity index (χ0) is 13.9. The Labute approximate surface area is 120 Å². The lowest BCUT2D eigenvalue weighted by Gasteiger charge is -2.27. The number of nitrogens with zero attached hydrogens (tertiary/aromatic N) is 1. The van der Waals surface area contributed by atoms with Gasteiger partial charge in [0.1, 0.15) is 0 Å². The lowest BCUT2D eigenvalue weighted by Crippen LogP contribution is -2.23.